The lowest BCUT2D eigenvalue weighted by molar-refractivity contribution is -0.139. The van der Waals surface area contributed by atoms with E-state index in [1.165, 1.54) is 0 Å². The van der Waals surface area contributed by atoms with Crippen molar-refractivity contribution in [2.45, 2.75) is 31.9 Å². The van der Waals surface area contributed by atoms with E-state index in [0.717, 1.165) is 31.7 Å². The fourth-order valence-corrected chi connectivity index (χ4v) is 2.13. The van der Waals surface area contributed by atoms with Gasteiger partial charge in [0.25, 0.3) is 5.91 Å². The topological polar surface area (TPSA) is 55.6 Å². The summed E-state index contributed by atoms with van der Waals surface area (Å²) in [5.41, 5.74) is 5.83. The molecule has 0 radical (unpaired) electrons. The van der Waals surface area contributed by atoms with Crippen LogP contribution in [-0.2, 0) is 4.79 Å². The van der Waals surface area contributed by atoms with Gasteiger partial charge in [0.05, 0.1) is 0 Å². The van der Waals surface area contributed by atoms with Gasteiger partial charge in [0.1, 0.15) is 5.75 Å². The first-order chi connectivity index (χ1) is 8.66. The minimum atomic E-state index is -0.443. The lowest BCUT2D eigenvalue weighted by Gasteiger charge is -2.32. The van der Waals surface area contributed by atoms with Crippen LogP contribution in [0.3, 0.4) is 0 Å². The second kappa shape index (κ2) is 5.87. The number of piperidine rings is 1. The van der Waals surface area contributed by atoms with Crippen molar-refractivity contribution in [1.82, 2.24) is 4.90 Å². The molecule has 0 spiro atoms. The molecule has 1 saturated heterocycles. The van der Waals surface area contributed by atoms with E-state index in [2.05, 4.69) is 0 Å². The minimum Gasteiger partial charge on any atom is -0.481 e. The van der Waals surface area contributed by atoms with Gasteiger partial charge in [-0.15, -0.1) is 0 Å². The molecule has 2 N–H and O–H groups in total. The van der Waals surface area contributed by atoms with Crippen LogP contribution < -0.4 is 10.5 Å². The summed E-state index contributed by atoms with van der Waals surface area (Å²) in [5.74, 6) is 0.776. The van der Waals surface area contributed by atoms with Gasteiger partial charge in [-0.2, -0.15) is 0 Å². The number of rotatable bonds is 3. The van der Waals surface area contributed by atoms with E-state index in [4.69, 9.17) is 10.5 Å². The number of hydrogen-bond donors (Lipinski definition) is 1. The van der Waals surface area contributed by atoms with Crippen LogP contribution >= 0.6 is 0 Å². The number of nitrogens with zero attached hydrogens (tertiary/aromatic N) is 1. The molecule has 1 heterocycles. The van der Waals surface area contributed by atoms with E-state index in [1.807, 2.05) is 35.2 Å². The summed E-state index contributed by atoms with van der Waals surface area (Å²) in [4.78, 5) is 14.0. The van der Waals surface area contributed by atoms with Crippen molar-refractivity contribution >= 4 is 5.91 Å². The van der Waals surface area contributed by atoms with Gasteiger partial charge in [-0.05, 0) is 31.9 Å². The Bertz CT molecular complexity index is 386. The minimum absolute atomic E-state index is 0.0470. The van der Waals surface area contributed by atoms with Gasteiger partial charge in [0, 0.05) is 19.1 Å². The lowest BCUT2D eigenvalue weighted by atomic mass is 10.1. The van der Waals surface area contributed by atoms with Crippen LogP contribution in [-0.4, -0.2) is 36.0 Å². The van der Waals surface area contributed by atoms with Crippen molar-refractivity contribution in [2.75, 3.05) is 13.1 Å². The van der Waals surface area contributed by atoms with Crippen molar-refractivity contribution in [3.05, 3.63) is 30.3 Å². The highest BCUT2D eigenvalue weighted by Gasteiger charge is 2.25. The first-order valence-corrected chi connectivity index (χ1v) is 6.43. The highest BCUT2D eigenvalue weighted by Crippen LogP contribution is 2.14. The molecule has 1 aromatic rings. The Morgan fingerprint density at radius 1 is 1.33 bits per heavy atom. The van der Waals surface area contributed by atoms with Crippen LogP contribution in [0.1, 0.15) is 19.8 Å². The third-order valence-electron chi connectivity index (χ3n) is 3.26. The number of amides is 1. The summed E-state index contributed by atoms with van der Waals surface area (Å²) in [6.07, 6.45) is 1.31. The normalized spacial score (nSPS) is 18.4. The predicted octanol–water partition coefficient (Wildman–Crippen LogP) is 1.40. The summed E-state index contributed by atoms with van der Waals surface area (Å²) in [6.45, 7) is 3.27. The maximum Gasteiger partial charge on any atom is 0.263 e. The average Bonchev–Trinajstić information content (AvgIpc) is 2.40. The predicted molar refractivity (Wildman–Crippen MR) is 70.3 cm³/mol. The van der Waals surface area contributed by atoms with Gasteiger partial charge in [0.15, 0.2) is 6.10 Å². The summed E-state index contributed by atoms with van der Waals surface area (Å²) in [7, 11) is 0. The molecule has 1 aromatic carbocycles. The Hall–Kier alpha value is -1.55. The molecular weight excluding hydrogens is 228 g/mol. The van der Waals surface area contributed by atoms with E-state index in [9.17, 15) is 4.79 Å². The van der Waals surface area contributed by atoms with Crippen LogP contribution in [0.2, 0.25) is 0 Å². The van der Waals surface area contributed by atoms with Gasteiger partial charge < -0.3 is 15.4 Å². The smallest absolute Gasteiger partial charge is 0.263 e. The monoisotopic (exact) mass is 248 g/mol. The van der Waals surface area contributed by atoms with E-state index < -0.39 is 6.10 Å². The Labute approximate surface area is 108 Å². The molecule has 1 aliphatic heterocycles. The van der Waals surface area contributed by atoms with Gasteiger partial charge in [-0.3, -0.25) is 4.79 Å². The SMILES string of the molecule is CC(Oc1ccccc1)C(=O)N1CCC(N)CC1. The second-order valence-corrected chi connectivity index (χ2v) is 4.74. The fraction of sp³-hybridized carbons (Fsp3) is 0.500. The summed E-state index contributed by atoms with van der Waals surface area (Å²) in [6, 6.07) is 9.66. The van der Waals surface area contributed by atoms with Gasteiger partial charge in [0.2, 0.25) is 0 Å². The molecule has 18 heavy (non-hydrogen) atoms. The highest BCUT2D eigenvalue weighted by molar-refractivity contribution is 5.81. The number of nitrogens with two attached hydrogens (primary N) is 1. The molecule has 0 aliphatic carbocycles. The Morgan fingerprint density at radius 2 is 1.94 bits per heavy atom. The van der Waals surface area contributed by atoms with Crippen molar-refractivity contribution in [3.63, 3.8) is 0 Å². The third-order valence-corrected chi connectivity index (χ3v) is 3.26. The Morgan fingerprint density at radius 3 is 2.56 bits per heavy atom. The zero-order valence-electron chi connectivity index (χ0n) is 10.7. The van der Waals surface area contributed by atoms with Gasteiger partial charge in [-0.1, -0.05) is 18.2 Å². The molecule has 1 atom stereocenters. The zero-order chi connectivity index (χ0) is 13.0. The number of para-hydroxylation sites is 1. The van der Waals surface area contributed by atoms with Crippen LogP contribution in [0.15, 0.2) is 30.3 Å². The van der Waals surface area contributed by atoms with E-state index >= 15 is 0 Å². The average molecular weight is 248 g/mol. The number of carbonyl (C=O) groups excluding carboxylic acids is 1. The third kappa shape index (κ3) is 3.23. The molecule has 2 rings (SSSR count). The van der Waals surface area contributed by atoms with Crippen LogP contribution in [0.5, 0.6) is 5.75 Å². The first kappa shape index (κ1) is 12.9. The molecule has 1 aliphatic rings. The molecule has 0 bridgehead atoms. The van der Waals surface area contributed by atoms with E-state index in [1.54, 1.807) is 6.92 Å². The molecule has 0 aromatic heterocycles. The van der Waals surface area contributed by atoms with Crippen LogP contribution in [0.25, 0.3) is 0 Å². The molecule has 98 valence electrons. The highest BCUT2D eigenvalue weighted by atomic mass is 16.5. The standard InChI is InChI=1S/C14H20N2O2/c1-11(18-13-5-3-2-4-6-13)14(17)16-9-7-12(15)8-10-16/h2-6,11-12H,7-10,15H2,1H3. The summed E-state index contributed by atoms with van der Waals surface area (Å²) < 4.78 is 5.63. The first-order valence-electron chi connectivity index (χ1n) is 6.43. The maximum absolute atomic E-state index is 12.2. The molecule has 1 amide bonds. The molecule has 1 fully saturated rings. The summed E-state index contributed by atoms with van der Waals surface area (Å²) in [5, 5.41) is 0. The van der Waals surface area contributed by atoms with E-state index in [-0.39, 0.29) is 11.9 Å². The molecule has 1 unspecified atom stereocenters. The number of carbonyl (C=O) groups is 1. The quantitative estimate of drug-likeness (QED) is 0.879. The van der Waals surface area contributed by atoms with Crippen molar-refractivity contribution in [3.8, 4) is 5.75 Å². The Balaban J connectivity index is 1.89. The zero-order valence-corrected chi connectivity index (χ0v) is 10.7. The van der Waals surface area contributed by atoms with E-state index in [0.29, 0.717) is 0 Å². The fourth-order valence-electron chi connectivity index (χ4n) is 2.13. The number of likely N-dealkylation sites (tertiary alicyclic amines) is 1. The molecule has 4 heteroatoms. The molecule has 0 saturated carbocycles. The van der Waals surface area contributed by atoms with Crippen molar-refractivity contribution < 1.29 is 9.53 Å². The van der Waals surface area contributed by atoms with Crippen molar-refractivity contribution in [1.29, 1.82) is 0 Å². The van der Waals surface area contributed by atoms with Crippen LogP contribution in [0, 0.1) is 0 Å². The van der Waals surface area contributed by atoms with Gasteiger partial charge >= 0.3 is 0 Å². The lowest BCUT2D eigenvalue weighted by Crippen LogP contribution is -2.47. The molecular formula is C14H20N2O2. The largest absolute Gasteiger partial charge is 0.481 e. The number of ether oxygens (including phenoxy) is 1. The van der Waals surface area contributed by atoms with Crippen LogP contribution in [0.4, 0.5) is 0 Å². The Kier molecular flexibility index (Phi) is 4.20. The summed E-state index contributed by atoms with van der Waals surface area (Å²) >= 11 is 0. The number of benzene rings is 1. The molecule has 4 nitrogen and oxygen atoms in total. The number of hydrogen-bond acceptors (Lipinski definition) is 3. The van der Waals surface area contributed by atoms with Crippen molar-refractivity contribution in [2.24, 2.45) is 5.73 Å². The second-order valence-electron chi connectivity index (χ2n) is 4.74. The van der Waals surface area contributed by atoms with Gasteiger partial charge in [-0.25, -0.2) is 0 Å². The maximum atomic E-state index is 12.2.